The number of nitrogens with one attached hydrogen (secondary N) is 1. The molecule has 0 fully saturated rings. The number of rotatable bonds is 5. The highest BCUT2D eigenvalue weighted by molar-refractivity contribution is 9.10. The molecular formula is C20H23Br2ClN2O2. The third-order valence-electron chi connectivity index (χ3n) is 4.05. The summed E-state index contributed by atoms with van der Waals surface area (Å²) in [5.41, 5.74) is 5.05. The van der Waals surface area contributed by atoms with Crippen LogP contribution in [0.3, 0.4) is 0 Å². The Morgan fingerprint density at radius 3 is 2.00 bits per heavy atom. The molecule has 1 unspecified atom stereocenters. The number of benzene rings is 2. The first kappa shape index (κ1) is 22.4. The molecule has 0 saturated carbocycles. The fourth-order valence-corrected chi connectivity index (χ4v) is 3.53. The molecule has 2 aromatic carbocycles. The van der Waals surface area contributed by atoms with Gasteiger partial charge in [-0.3, -0.25) is 0 Å². The summed E-state index contributed by atoms with van der Waals surface area (Å²) in [4.78, 5) is 5.51. The van der Waals surface area contributed by atoms with Crippen molar-refractivity contribution in [2.24, 2.45) is 5.16 Å². The van der Waals surface area contributed by atoms with Crippen LogP contribution in [0.1, 0.15) is 31.9 Å². The number of hydrogen-bond acceptors (Lipinski definition) is 4. The van der Waals surface area contributed by atoms with Gasteiger partial charge in [-0.2, -0.15) is 0 Å². The normalized spacial score (nSPS) is 13.5. The van der Waals surface area contributed by atoms with Gasteiger partial charge in [-0.1, -0.05) is 49.1 Å². The average Bonchev–Trinajstić information content (AvgIpc) is 2.85. The van der Waals surface area contributed by atoms with E-state index in [4.69, 9.17) is 4.84 Å². The summed E-state index contributed by atoms with van der Waals surface area (Å²) in [5, 5.41) is 17.7. The summed E-state index contributed by atoms with van der Waals surface area (Å²) in [6, 6.07) is 12.3. The van der Waals surface area contributed by atoms with Crippen molar-refractivity contribution in [3.8, 4) is 11.1 Å². The van der Waals surface area contributed by atoms with Crippen LogP contribution in [-0.2, 0) is 4.84 Å². The second-order valence-corrected chi connectivity index (χ2v) is 9.23. The molecule has 0 amide bonds. The van der Waals surface area contributed by atoms with Crippen LogP contribution in [0.5, 0.6) is 0 Å². The molecule has 0 spiro atoms. The molecule has 3 rings (SSSR count). The van der Waals surface area contributed by atoms with E-state index in [1.54, 1.807) is 0 Å². The van der Waals surface area contributed by atoms with Gasteiger partial charge in [0.2, 0.25) is 0 Å². The van der Waals surface area contributed by atoms with Crippen molar-refractivity contribution in [2.45, 2.75) is 32.4 Å². The van der Waals surface area contributed by atoms with Gasteiger partial charge in [0.15, 0.2) is 0 Å². The minimum Gasteiger partial charge on any atom is -0.392 e. The lowest BCUT2D eigenvalue weighted by Crippen LogP contribution is -2.42. The van der Waals surface area contributed by atoms with Crippen molar-refractivity contribution >= 4 is 50.0 Å². The molecule has 7 heteroatoms. The van der Waals surface area contributed by atoms with Crippen LogP contribution in [0.4, 0.5) is 0 Å². The molecule has 2 aromatic rings. The summed E-state index contributed by atoms with van der Waals surface area (Å²) in [6.07, 6.45) is -0.621. The number of oxime groups is 1. The van der Waals surface area contributed by atoms with Crippen molar-refractivity contribution in [3.63, 3.8) is 0 Å². The van der Waals surface area contributed by atoms with Crippen LogP contribution in [0.2, 0.25) is 0 Å². The highest BCUT2D eigenvalue weighted by Crippen LogP contribution is 2.39. The Balaban J connectivity index is 0.00000261. The third kappa shape index (κ3) is 5.55. The largest absolute Gasteiger partial charge is 0.392 e. The SMILES string of the molecule is CC(C)(C)NCC(O)CON=C1c2cc(Br)ccc2-c2ccc(Br)cc21.Cl. The van der Waals surface area contributed by atoms with Crippen LogP contribution in [-0.4, -0.2) is 35.6 Å². The summed E-state index contributed by atoms with van der Waals surface area (Å²) in [6.45, 7) is 6.77. The van der Waals surface area contributed by atoms with Gasteiger partial charge in [0.25, 0.3) is 0 Å². The van der Waals surface area contributed by atoms with Gasteiger partial charge < -0.3 is 15.3 Å². The Morgan fingerprint density at radius 2 is 1.52 bits per heavy atom. The van der Waals surface area contributed by atoms with Crippen LogP contribution in [0.25, 0.3) is 11.1 Å². The van der Waals surface area contributed by atoms with E-state index in [0.29, 0.717) is 6.54 Å². The van der Waals surface area contributed by atoms with E-state index in [0.717, 1.165) is 36.9 Å². The number of aliphatic hydroxyl groups is 1. The average molecular weight is 519 g/mol. The van der Waals surface area contributed by atoms with Crippen molar-refractivity contribution in [2.75, 3.05) is 13.2 Å². The van der Waals surface area contributed by atoms with Gasteiger partial charge in [0.05, 0.1) is 0 Å². The highest BCUT2D eigenvalue weighted by Gasteiger charge is 2.26. The fraction of sp³-hybridized carbons (Fsp3) is 0.350. The maximum absolute atomic E-state index is 10.1. The van der Waals surface area contributed by atoms with Crippen molar-refractivity contribution < 1.29 is 9.94 Å². The van der Waals surface area contributed by atoms with E-state index in [1.165, 1.54) is 0 Å². The Hall–Kier alpha value is -0.920. The van der Waals surface area contributed by atoms with Gasteiger partial charge in [0, 0.05) is 32.2 Å². The Bertz CT molecular complexity index is 797. The van der Waals surface area contributed by atoms with Gasteiger partial charge in [-0.05, 0) is 56.2 Å². The van der Waals surface area contributed by atoms with E-state index in [9.17, 15) is 5.11 Å². The fourth-order valence-electron chi connectivity index (χ4n) is 2.81. The summed E-state index contributed by atoms with van der Waals surface area (Å²) in [7, 11) is 0. The van der Waals surface area contributed by atoms with Crippen molar-refractivity contribution in [1.29, 1.82) is 0 Å². The molecular weight excluding hydrogens is 495 g/mol. The van der Waals surface area contributed by atoms with Gasteiger partial charge in [0.1, 0.15) is 18.4 Å². The van der Waals surface area contributed by atoms with E-state index in [1.807, 2.05) is 24.3 Å². The van der Waals surface area contributed by atoms with Crippen LogP contribution >= 0.6 is 44.3 Å². The maximum atomic E-state index is 10.1. The zero-order valence-electron chi connectivity index (χ0n) is 15.4. The predicted octanol–water partition coefficient (Wildman–Crippen LogP) is 5.13. The molecule has 1 atom stereocenters. The molecule has 0 saturated heterocycles. The molecule has 0 bridgehead atoms. The Morgan fingerprint density at radius 1 is 1.00 bits per heavy atom. The Labute approximate surface area is 183 Å². The molecule has 2 N–H and O–H groups in total. The number of hydrogen-bond donors (Lipinski definition) is 2. The summed E-state index contributed by atoms with van der Waals surface area (Å²) < 4.78 is 1.98. The summed E-state index contributed by atoms with van der Waals surface area (Å²) in [5.74, 6) is 0. The van der Waals surface area contributed by atoms with Gasteiger partial charge >= 0.3 is 0 Å². The van der Waals surface area contributed by atoms with E-state index >= 15 is 0 Å². The molecule has 4 nitrogen and oxygen atoms in total. The first-order valence-corrected chi connectivity index (χ1v) is 10.1. The number of nitrogens with zero attached hydrogens (tertiary/aromatic N) is 1. The zero-order valence-corrected chi connectivity index (χ0v) is 19.4. The minimum absolute atomic E-state index is 0. The van der Waals surface area contributed by atoms with Crippen LogP contribution in [0, 0.1) is 0 Å². The molecule has 27 heavy (non-hydrogen) atoms. The zero-order chi connectivity index (χ0) is 18.9. The van der Waals surface area contributed by atoms with Crippen molar-refractivity contribution in [1.82, 2.24) is 5.32 Å². The molecule has 1 aliphatic carbocycles. The quantitative estimate of drug-likeness (QED) is 0.461. The first-order chi connectivity index (χ1) is 12.2. The second kappa shape index (κ2) is 9.05. The topological polar surface area (TPSA) is 53.8 Å². The standard InChI is InChI=1S/C20H22Br2N2O2.ClH/c1-20(2,3)23-10-14(25)11-26-24-19-17-8-12(21)4-6-15(17)16-7-5-13(22)9-18(16)19;/h4-9,14,23,25H,10-11H2,1-3H3;1H. The predicted molar refractivity (Wildman–Crippen MR) is 120 cm³/mol. The molecule has 0 aromatic heterocycles. The number of halogens is 3. The molecule has 0 radical (unpaired) electrons. The molecule has 0 heterocycles. The van der Waals surface area contributed by atoms with Gasteiger partial charge in [-0.15, -0.1) is 12.4 Å². The first-order valence-electron chi connectivity index (χ1n) is 8.48. The lowest BCUT2D eigenvalue weighted by Gasteiger charge is -2.22. The van der Waals surface area contributed by atoms with E-state index in [-0.39, 0.29) is 24.6 Å². The second-order valence-electron chi connectivity index (χ2n) is 7.40. The minimum atomic E-state index is -0.621. The van der Waals surface area contributed by atoms with E-state index < -0.39 is 6.10 Å². The number of fused-ring (bicyclic) bond motifs is 3. The molecule has 0 aliphatic heterocycles. The monoisotopic (exact) mass is 516 g/mol. The van der Waals surface area contributed by atoms with Gasteiger partial charge in [-0.25, -0.2) is 0 Å². The smallest absolute Gasteiger partial charge is 0.144 e. The van der Waals surface area contributed by atoms with Crippen molar-refractivity contribution in [3.05, 3.63) is 56.5 Å². The maximum Gasteiger partial charge on any atom is 0.144 e. The number of β-amino-alcohol motifs (C(OH)–C–C–N with tert-alkyl or cyclic N) is 1. The number of aliphatic hydroxyl groups excluding tert-OH is 1. The Kier molecular flexibility index (Phi) is 7.50. The van der Waals surface area contributed by atoms with Crippen LogP contribution < -0.4 is 5.32 Å². The van der Waals surface area contributed by atoms with Crippen LogP contribution in [0.15, 0.2) is 50.5 Å². The molecule has 146 valence electrons. The highest BCUT2D eigenvalue weighted by atomic mass is 79.9. The summed E-state index contributed by atoms with van der Waals surface area (Å²) >= 11 is 7.06. The van der Waals surface area contributed by atoms with E-state index in [2.05, 4.69) is 75.2 Å². The lowest BCUT2D eigenvalue weighted by molar-refractivity contribution is 0.0374. The lowest BCUT2D eigenvalue weighted by atomic mass is 10.1. The molecule has 1 aliphatic rings. The third-order valence-corrected chi connectivity index (χ3v) is 5.04.